The van der Waals surface area contributed by atoms with Crippen molar-refractivity contribution in [2.75, 3.05) is 30.4 Å². The lowest BCUT2D eigenvalue weighted by Gasteiger charge is -2.17. The minimum atomic E-state index is 0.360. The summed E-state index contributed by atoms with van der Waals surface area (Å²) in [5.41, 5.74) is 1.24. The molecule has 2 aromatic rings. The van der Waals surface area contributed by atoms with Crippen molar-refractivity contribution in [3.05, 3.63) is 22.4 Å². The van der Waals surface area contributed by atoms with E-state index < -0.39 is 0 Å². The monoisotopic (exact) mass is 307 g/mol. The highest BCUT2D eigenvalue weighted by atomic mass is 32.1. The van der Waals surface area contributed by atoms with Gasteiger partial charge in [-0.25, -0.2) is 0 Å². The number of nitrogens with zero attached hydrogens (tertiary/aromatic N) is 4. The van der Waals surface area contributed by atoms with Gasteiger partial charge in [0.2, 0.25) is 11.9 Å². The molecule has 0 aliphatic carbocycles. The van der Waals surface area contributed by atoms with Crippen LogP contribution in [0.25, 0.3) is 0 Å². The molecule has 0 saturated heterocycles. The van der Waals surface area contributed by atoms with Crippen LogP contribution in [0.1, 0.15) is 25.8 Å². The highest BCUT2D eigenvalue weighted by molar-refractivity contribution is 7.07. The van der Waals surface area contributed by atoms with Gasteiger partial charge in [-0.3, -0.25) is 0 Å². The molecular weight excluding hydrogens is 286 g/mol. The number of ether oxygens (including phenoxy) is 1. The van der Waals surface area contributed by atoms with E-state index in [-0.39, 0.29) is 0 Å². The Kier molecular flexibility index (Phi) is 5.74. The van der Waals surface area contributed by atoms with Crippen LogP contribution in [-0.2, 0) is 6.54 Å². The lowest BCUT2D eigenvalue weighted by Crippen LogP contribution is -2.20. The summed E-state index contributed by atoms with van der Waals surface area (Å²) >= 11 is 1.69. The zero-order chi connectivity index (χ0) is 15.1. The molecule has 0 unspecified atom stereocenters. The number of aromatic nitrogens is 3. The summed E-state index contributed by atoms with van der Waals surface area (Å²) in [4.78, 5) is 15.1. The maximum Gasteiger partial charge on any atom is 0.323 e. The molecule has 0 radical (unpaired) electrons. The van der Waals surface area contributed by atoms with Crippen LogP contribution >= 0.6 is 11.3 Å². The Morgan fingerprint density at radius 1 is 1.29 bits per heavy atom. The molecule has 0 amide bonds. The SMILES string of the molecule is CCCNc1nc(OCC)nc(N(C)Cc2ccsc2)n1. The van der Waals surface area contributed by atoms with Crippen LogP contribution in [0.4, 0.5) is 11.9 Å². The first-order valence-electron chi connectivity index (χ1n) is 7.07. The predicted octanol–water partition coefficient (Wildman–Crippen LogP) is 2.79. The molecule has 114 valence electrons. The van der Waals surface area contributed by atoms with Gasteiger partial charge in [-0.05, 0) is 35.7 Å². The van der Waals surface area contributed by atoms with Gasteiger partial charge in [0.15, 0.2) is 0 Å². The number of anilines is 2. The molecule has 21 heavy (non-hydrogen) atoms. The second kappa shape index (κ2) is 7.78. The lowest BCUT2D eigenvalue weighted by atomic mass is 10.3. The normalized spacial score (nSPS) is 10.4. The van der Waals surface area contributed by atoms with Crippen LogP contribution in [0, 0.1) is 0 Å². The van der Waals surface area contributed by atoms with Gasteiger partial charge in [0.25, 0.3) is 0 Å². The Morgan fingerprint density at radius 2 is 2.14 bits per heavy atom. The van der Waals surface area contributed by atoms with Gasteiger partial charge in [0, 0.05) is 20.1 Å². The van der Waals surface area contributed by atoms with E-state index in [9.17, 15) is 0 Å². The van der Waals surface area contributed by atoms with Crippen molar-refractivity contribution in [1.82, 2.24) is 15.0 Å². The lowest BCUT2D eigenvalue weighted by molar-refractivity contribution is 0.312. The van der Waals surface area contributed by atoms with Crippen molar-refractivity contribution in [2.24, 2.45) is 0 Å². The van der Waals surface area contributed by atoms with Gasteiger partial charge in [0.05, 0.1) is 6.61 Å². The molecule has 0 fully saturated rings. The maximum absolute atomic E-state index is 5.43. The topological polar surface area (TPSA) is 63.2 Å². The molecule has 1 N–H and O–H groups in total. The van der Waals surface area contributed by atoms with E-state index in [1.165, 1.54) is 5.56 Å². The summed E-state index contributed by atoms with van der Waals surface area (Å²) in [6, 6.07) is 2.46. The van der Waals surface area contributed by atoms with Crippen LogP contribution in [-0.4, -0.2) is 35.2 Å². The number of hydrogen-bond donors (Lipinski definition) is 1. The van der Waals surface area contributed by atoms with E-state index >= 15 is 0 Å². The van der Waals surface area contributed by atoms with Crippen molar-refractivity contribution < 1.29 is 4.74 Å². The Hall–Kier alpha value is -1.89. The third-order valence-corrected chi connectivity index (χ3v) is 3.48. The molecule has 0 aliphatic rings. The fourth-order valence-electron chi connectivity index (χ4n) is 1.75. The van der Waals surface area contributed by atoms with Crippen molar-refractivity contribution in [1.29, 1.82) is 0 Å². The quantitative estimate of drug-likeness (QED) is 0.809. The largest absolute Gasteiger partial charge is 0.464 e. The minimum absolute atomic E-state index is 0.360. The number of nitrogens with one attached hydrogen (secondary N) is 1. The number of rotatable bonds is 8. The van der Waals surface area contributed by atoms with Crippen molar-refractivity contribution >= 4 is 23.2 Å². The van der Waals surface area contributed by atoms with E-state index in [0.717, 1.165) is 19.5 Å². The molecule has 0 saturated carbocycles. The highest BCUT2D eigenvalue weighted by Crippen LogP contribution is 2.17. The van der Waals surface area contributed by atoms with Crippen molar-refractivity contribution in [3.8, 4) is 6.01 Å². The maximum atomic E-state index is 5.43. The average Bonchev–Trinajstić information content (AvgIpc) is 2.98. The summed E-state index contributed by atoms with van der Waals surface area (Å²) in [7, 11) is 1.96. The van der Waals surface area contributed by atoms with Crippen LogP contribution in [0.3, 0.4) is 0 Å². The van der Waals surface area contributed by atoms with E-state index in [2.05, 4.69) is 44.0 Å². The Morgan fingerprint density at radius 3 is 2.81 bits per heavy atom. The predicted molar refractivity (Wildman–Crippen MR) is 86.2 cm³/mol. The van der Waals surface area contributed by atoms with Crippen LogP contribution in [0.5, 0.6) is 6.01 Å². The second-order valence-corrected chi connectivity index (χ2v) is 5.37. The third-order valence-electron chi connectivity index (χ3n) is 2.75. The van der Waals surface area contributed by atoms with Crippen LogP contribution in [0.2, 0.25) is 0 Å². The summed E-state index contributed by atoms with van der Waals surface area (Å²) < 4.78 is 5.43. The first-order valence-corrected chi connectivity index (χ1v) is 8.02. The van der Waals surface area contributed by atoms with Gasteiger partial charge >= 0.3 is 6.01 Å². The van der Waals surface area contributed by atoms with Gasteiger partial charge in [-0.2, -0.15) is 26.3 Å². The van der Waals surface area contributed by atoms with E-state index in [1.807, 2.05) is 18.9 Å². The summed E-state index contributed by atoms with van der Waals surface area (Å²) in [5, 5.41) is 7.37. The molecule has 0 aromatic carbocycles. The Balaban J connectivity index is 2.17. The molecule has 0 bridgehead atoms. The zero-order valence-corrected chi connectivity index (χ0v) is 13.5. The van der Waals surface area contributed by atoms with Gasteiger partial charge in [0.1, 0.15) is 0 Å². The van der Waals surface area contributed by atoms with E-state index in [1.54, 1.807) is 11.3 Å². The molecule has 2 aromatic heterocycles. The molecule has 7 heteroatoms. The average molecular weight is 307 g/mol. The molecule has 0 atom stereocenters. The zero-order valence-electron chi connectivity index (χ0n) is 12.7. The Bertz CT molecular complexity index is 546. The molecule has 0 aliphatic heterocycles. The van der Waals surface area contributed by atoms with Gasteiger partial charge in [-0.1, -0.05) is 6.92 Å². The number of thiophene rings is 1. The number of hydrogen-bond acceptors (Lipinski definition) is 7. The standard InChI is InChI=1S/C14H21N5OS/c1-4-7-15-12-16-13(18-14(17-12)20-5-2)19(3)9-11-6-8-21-10-11/h6,8,10H,4-5,7,9H2,1-3H3,(H,15,16,17,18). The van der Waals surface area contributed by atoms with E-state index in [0.29, 0.717) is 24.5 Å². The molecular formula is C14H21N5OS. The van der Waals surface area contributed by atoms with Gasteiger partial charge < -0.3 is 15.0 Å². The van der Waals surface area contributed by atoms with Crippen LogP contribution in [0.15, 0.2) is 16.8 Å². The molecule has 0 spiro atoms. The fraction of sp³-hybridized carbons (Fsp3) is 0.500. The van der Waals surface area contributed by atoms with Crippen molar-refractivity contribution in [2.45, 2.75) is 26.8 Å². The van der Waals surface area contributed by atoms with Crippen LogP contribution < -0.4 is 15.0 Å². The fourth-order valence-corrected chi connectivity index (χ4v) is 2.41. The summed E-state index contributed by atoms with van der Waals surface area (Å²) in [6.45, 7) is 6.12. The highest BCUT2D eigenvalue weighted by Gasteiger charge is 2.11. The molecule has 6 nitrogen and oxygen atoms in total. The Labute approximate surface area is 129 Å². The summed E-state index contributed by atoms with van der Waals surface area (Å²) in [6.07, 6.45) is 1.01. The first kappa shape index (κ1) is 15.5. The van der Waals surface area contributed by atoms with Gasteiger partial charge in [-0.15, -0.1) is 0 Å². The minimum Gasteiger partial charge on any atom is -0.464 e. The van der Waals surface area contributed by atoms with E-state index in [4.69, 9.17) is 4.74 Å². The summed E-state index contributed by atoms with van der Waals surface area (Å²) in [5.74, 6) is 1.17. The second-order valence-electron chi connectivity index (χ2n) is 4.59. The smallest absolute Gasteiger partial charge is 0.323 e. The molecule has 2 rings (SSSR count). The first-order chi connectivity index (χ1) is 10.2. The third kappa shape index (κ3) is 4.56. The molecule has 2 heterocycles. The van der Waals surface area contributed by atoms with Crippen molar-refractivity contribution in [3.63, 3.8) is 0 Å².